The maximum absolute atomic E-state index is 12.2. The Hall–Kier alpha value is -2.41. The van der Waals surface area contributed by atoms with Crippen LogP contribution < -0.4 is 16.0 Å². The Morgan fingerprint density at radius 1 is 1.17 bits per heavy atom. The normalized spacial score (nSPS) is 13.0. The lowest BCUT2D eigenvalue weighted by molar-refractivity contribution is -0.114. The number of nitrogens with one attached hydrogen (secondary N) is 3. The fourth-order valence-corrected chi connectivity index (χ4v) is 2.97. The van der Waals surface area contributed by atoms with Crippen molar-refractivity contribution < 1.29 is 9.59 Å². The molecule has 1 aromatic carbocycles. The van der Waals surface area contributed by atoms with Crippen molar-refractivity contribution in [2.45, 2.75) is 39.8 Å². The number of aryl methyl sites for hydroxylation is 1. The number of thiazole rings is 1. The minimum absolute atomic E-state index is 0.127. The minimum atomic E-state index is -0.259. The third kappa shape index (κ3) is 5.06. The number of hydrogen-bond donors (Lipinski definition) is 3. The number of amides is 3. The van der Waals surface area contributed by atoms with Gasteiger partial charge in [0.15, 0.2) is 0 Å². The van der Waals surface area contributed by atoms with E-state index in [9.17, 15) is 9.59 Å². The number of anilines is 1. The summed E-state index contributed by atoms with van der Waals surface area (Å²) in [7, 11) is 0. The highest BCUT2D eigenvalue weighted by Gasteiger charge is 2.15. The Labute approximate surface area is 145 Å². The summed E-state index contributed by atoms with van der Waals surface area (Å²) >= 11 is 1.56. The number of carbonyl (C=O) groups excluding carboxylic acids is 2. The van der Waals surface area contributed by atoms with Crippen molar-refractivity contribution in [1.29, 1.82) is 0 Å². The van der Waals surface area contributed by atoms with E-state index in [4.69, 9.17) is 0 Å². The zero-order valence-corrected chi connectivity index (χ0v) is 15.0. The van der Waals surface area contributed by atoms with Gasteiger partial charge in [0.2, 0.25) is 5.91 Å². The number of hydrogen-bond acceptors (Lipinski definition) is 4. The lowest BCUT2D eigenvalue weighted by atomic mass is 10.1. The van der Waals surface area contributed by atoms with Crippen LogP contribution in [0.4, 0.5) is 10.5 Å². The SMILES string of the molecule is CC(=O)Nc1cccc(C(C)NC(=O)NC(C)c2csc(C)n2)c1. The molecular weight excluding hydrogens is 324 g/mol. The third-order valence-electron chi connectivity index (χ3n) is 3.48. The topological polar surface area (TPSA) is 83.1 Å². The standard InChI is InChI=1S/C17H22N4O2S/c1-10(14-6-5-7-15(8-14)20-12(3)22)18-17(23)19-11(2)16-9-24-13(4)21-16/h5-11H,1-4H3,(H,20,22)(H2,18,19,23). The number of aromatic nitrogens is 1. The summed E-state index contributed by atoms with van der Waals surface area (Å²) < 4.78 is 0. The van der Waals surface area contributed by atoms with Gasteiger partial charge in [0.05, 0.1) is 22.8 Å². The molecule has 6 nitrogen and oxygen atoms in total. The van der Waals surface area contributed by atoms with Crippen LogP contribution in [0.2, 0.25) is 0 Å². The molecule has 0 radical (unpaired) electrons. The van der Waals surface area contributed by atoms with E-state index in [-0.39, 0.29) is 24.0 Å². The molecule has 0 saturated carbocycles. The molecule has 2 aromatic rings. The molecule has 0 bridgehead atoms. The zero-order valence-electron chi connectivity index (χ0n) is 14.2. The molecule has 128 valence electrons. The summed E-state index contributed by atoms with van der Waals surface area (Å²) in [6.07, 6.45) is 0. The Bertz CT molecular complexity index is 729. The smallest absolute Gasteiger partial charge is 0.315 e. The second kappa shape index (κ2) is 7.92. The first kappa shape index (κ1) is 17.9. The van der Waals surface area contributed by atoms with Gasteiger partial charge in [-0.05, 0) is 38.5 Å². The Morgan fingerprint density at radius 3 is 2.50 bits per heavy atom. The van der Waals surface area contributed by atoms with Gasteiger partial charge in [0.1, 0.15) is 0 Å². The highest BCUT2D eigenvalue weighted by molar-refractivity contribution is 7.09. The van der Waals surface area contributed by atoms with E-state index in [0.29, 0.717) is 5.69 Å². The largest absolute Gasteiger partial charge is 0.332 e. The van der Waals surface area contributed by atoms with E-state index < -0.39 is 0 Å². The average molecular weight is 346 g/mol. The van der Waals surface area contributed by atoms with Crippen molar-refractivity contribution in [2.75, 3.05) is 5.32 Å². The van der Waals surface area contributed by atoms with E-state index in [1.165, 1.54) is 6.92 Å². The van der Waals surface area contributed by atoms with Crippen molar-refractivity contribution >= 4 is 29.0 Å². The molecule has 0 spiro atoms. The fourth-order valence-electron chi connectivity index (χ4n) is 2.26. The molecule has 3 amide bonds. The summed E-state index contributed by atoms with van der Waals surface area (Å²) in [6, 6.07) is 6.80. The average Bonchev–Trinajstić information content (AvgIpc) is 2.93. The van der Waals surface area contributed by atoms with Crippen LogP contribution in [0.5, 0.6) is 0 Å². The zero-order chi connectivity index (χ0) is 17.7. The molecule has 3 N–H and O–H groups in total. The van der Waals surface area contributed by atoms with Crippen molar-refractivity contribution in [1.82, 2.24) is 15.6 Å². The monoisotopic (exact) mass is 346 g/mol. The lowest BCUT2D eigenvalue weighted by Crippen LogP contribution is -2.38. The Morgan fingerprint density at radius 2 is 1.88 bits per heavy atom. The van der Waals surface area contributed by atoms with Crippen LogP contribution in [0.3, 0.4) is 0 Å². The van der Waals surface area contributed by atoms with Crippen LogP contribution in [0.25, 0.3) is 0 Å². The number of urea groups is 1. The first-order valence-corrected chi connectivity index (χ1v) is 8.59. The number of nitrogens with zero attached hydrogens (tertiary/aromatic N) is 1. The first-order valence-electron chi connectivity index (χ1n) is 7.71. The number of benzene rings is 1. The van der Waals surface area contributed by atoms with Gasteiger partial charge in [-0.2, -0.15) is 0 Å². The van der Waals surface area contributed by atoms with Crippen LogP contribution in [-0.2, 0) is 4.79 Å². The summed E-state index contributed by atoms with van der Waals surface area (Å²) in [5.74, 6) is -0.127. The first-order chi connectivity index (χ1) is 11.3. The van der Waals surface area contributed by atoms with Gasteiger partial charge in [-0.3, -0.25) is 4.79 Å². The van der Waals surface area contributed by atoms with E-state index >= 15 is 0 Å². The van der Waals surface area contributed by atoms with E-state index in [2.05, 4.69) is 20.9 Å². The third-order valence-corrected chi connectivity index (χ3v) is 4.27. The molecule has 0 aliphatic heterocycles. The van der Waals surface area contributed by atoms with Gasteiger partial charge >= 0.3 is 6.03 Å². The van der Waals surface area contributed by atoms with Gasteiger partial charge in [-0.25, -0.2) is 9.78 Å². The summed E-state index contributed by atoms with van der Waals surface area (Å²) in [5, 5.41) is 11.4. The van der Waals surface area contributed by atoms with E-state index in [0.717, 1.165) is 16.3 Å². The fraction of sp³-hybridized carbons (Fsp3) is 0.353. The molecule has 0 aliphatic rings. The van der Waals surface area contributed by atoms with Gasteiger partial charge in [0.25, 0.3) is 0 Å². The maximum Gasteiger partial charge on any atom is 0.315 e. The summed E-state index contributed by atoms with van der Waals surface area (Å²) in [5.41, 5.74) is 2.47. The van der Waals surface area contributed by atoms with Crippen molar-refractivity contribution in [2.24, 2.45) is 0 Å². The van der Waals surface area contributed by atoms with Gasteiger partial charge < -0.3 is 16.0 Å². The Balaban J connectivity index is 1.94. The lowest BCUT2D eigenvalue weighted by Gasteiger charge is -2.18. The predicted molar refractivity (Wildman–Crippen MR) is 96.1 cm³/mol. The molecule has 0 saturated heterocycles. The molecule has 0 aliphatic carbocycles. The van der Waals surface area contributed by atoms with Crippen molar-refractivity contribution in [3.8, 4) is 0 Å². The van der Waals surface area contributed by atoms with Crippen LogP contribution in [-0.4, -0.2) is 16.9 Å². The van der Waals surface area contributed by atoms with Crippen LogP contribution in [0, 0.1) is 6.92 Å². The molecule has 2 unspecified atom stereocenters. The Kier molecular flexibility index (Phi) is 5.92. The summed E-state index contributed by atoms with van der Waals surface area (Å²) in [6.45, 7) is 7.19. The quantitative estimate of drug-likeness (QED) is 0.774. The van der Waals surface area contributed by atoms with Crippen LogP contribution in [0.1, 0.15) is 49.1 Å². The van der Waals surface area contributed by atoms with E-state index in [1.807, 2.05) is 50.4 Å². The highest BCUT2D eigenvalue weighted by Crippen LogP contribution is 2.18. The summed E-state index contributed by atoms with van der Waals surface area (Å²) in [4.78, 5) is 27.7. The molecule has 2 rings (SSSR count). The van der Waals surface area contributed by atoms with Crippen LogP contribution in [0.15, 0.2) is 29.6 Å². The second-order valence-electron chi connectivity index (χ2n) is 5.66. The van der Waals surface area contributed by atoms with Crippen molar-refractivity contribution in [3.63, 3.8) is 0 Å². The minimum Gasteiger partial charge on any atom is -0.332 e. The number of carbonyl (C=O) groups is 2. The van der Waals surface area contributed by atoms with Crippen molar-refractivity contribution in [3.05, 3.63) is 45.9 Å². The van der Waals surface area contributed by atoms with E-state index in [1.54, 1.807) is 11.3 Å². The number of rotatable bonds is 5. The van der Waals surface area contributed by atoms with Gasteiger partial charge in [-0.1, -0.05) is 12.1 Å². The molecule has 7 heteroatoms. The van der Waals surface area contributed by atoms with Gasteiger partial charge in [0, 0.05) is 18.0 Å². The van der Waals surface area contributed by atoms with Gasteiger partial charge in [-0.15, -0.1) is 11.3 Å². The maximum atomic E-state index is 12.2. The second-order valence-corrected chi connectivity index (χ2v) is 6.72. The predicted octanol–water partition coefficient (Wildman–Crippen LogP) is 3.53. The van der Waals surface area contributed by atoms with Crippen LogP contribution >= 0.6 is 11.3 Å². The molecule has 1 heterocycles. The molecule has 24 heavy (non-hydrogen) atoms. The highest BCUT2D eigenvalue weighted by atomic mass is 32.1. The molecule has 1 aromatic heterocycles. The molecule has 2 atom stereocenters. The molecule has 0 fully saturated rings. The molecular formula is C17H22N4O2S.